The molecule has 3 nitrogen and oxygen atoms in total. The van der Waals surface area contributed by atoms with Gasteiger partial charge in [0.1, 0.15) is 0 Å². The Morgan fingerprint density at radius 1 is 1.42 bits per heavy atom. The lowest BCUT2D eigenvalue weighted by Crippen LogP contribution is -2.32. The summed E-state index contributed by atoms with van der Waals surface area (Å²) >= 11 is 0. The third kappa shape index (κ3) is 2.66. The first-order valence-electron chi connectivity index (χ1n) is 4.47. The van der Waals surface area contributed by atoms with Crippen molar-refractivity contribution in [3.63, 3.8) is 0 Å². The fourth-order valence-corrected chi connectivity index (χ4v) is 1.31. The van der Waals surface area contributed by atoms with Crippen LogP contribution in [0.5, 0.6) is 0 Å². The molecule has 0 atom stereocenters. The summed E-state index contributed by atoms with van der Waals surface area (Å²) in [7, 11) is 0. The third-order valence-corrected chi connectivity index (χ3v) is 1.96. The van der Waals surface area contributed by atoms with Crippen LogP contribution in [0.2, 0.25) is 0 Å². The monoisotopic (exact) mass is 168 g/mol. The number of allylic oxidation sites excluding steroid dienone is 1. The fourth-order valence-electron chi connectivity index (χ4n) is 1.31. The quantitative estimate of drug-likeness (QED) is 0.574. The topological polar surface area (TPSA) is 32.3 Å². The molecule has 3 heteroatoms. The van der Waals surface area contributed by atoms with Crippen LogP contribution in [0.1, 0.15) is 13.3 Å². The summed E-state index contributed by atoms with van der Waals surface area (Å²) in [5.41, 5.74) is 0. The molecule has 0 aromatic rings. The largest absolute Gasteiger partial charge is 0.338 e. The van der Waals surface area contributed by atoms with E-state index in [1.165, 1.54) is 0 Å². The third-order valence-electron chi connectivity index (χ3n) is 1.96. The Bertz CT molecular complexity index is 169. The first kappa shape index (κ1) is 9.26. The molecule has 1 N–H and O–H groups in total. The maximum atomic E-state index is 11.4. The van der Waals surface area contributed by atoms with Crippen molar-refractivity contribution in [2.45, 2.75) is 13.3 Å². The van der Waals surface area contributed by atoms with Crippen LogP contribution in [0.3, 0.4) is 0 Å². The number of carbonyl (C=O) groups is 1. The molecule has 1 rings (SSSR count). The van der Waals surface area contributed by atoms with Crippen LogP contribution in [0, 0.1) is 0 Å². The highest BCUT2D eigenvalue weighted by Gasteiger charge is 2.11. The lowest BCUT2D eigenvalue weighted by atomic mass is 10.3. The van der Waals surface area contributed by atoms with E-state index in [1.54, 1.807) is 12.2 Å². The Morgan fingerprint density at radius 2 is 2.25 bits per heavy atom. The summed E-state index contributed by atoms with van der Waals surface area (Å²) < 4.78 is 0. The number of nitrogens with zero attached hydrogens (tertiary/aromatic N) is 1. The van der Waals surface area contributed by atoms with Gasteiger partial charge < -0.3 is 10.2 Å². The second-order valence-electron chi connectivity index (χ2n) is 2.93. The van der Waals surface area contributed by atoms with Crippen LogP contribution in [-0.2, 0) is 4.79 Å². The second-order valence-corrected chi connectivity index (χ2v) is 2.93. The van der Waals surface area contributed by atoms with E-state index in [0.717, 1.165) is 32.6 Å². The SMILES string of the molecule is CC=CC(=O)N1CCCNCC1. The maximum Gasteiger partial charge on any atom is 0.246 e. The number of amides is 1. The van der Waals surface area contributed by atoms with E-state index >= 15 is 0 Å². The molecule has 68 valence electrons. The van der Waals surface area contributed by atoms with Crippen LogP contribution in [-0.4, -0.2) is 37.0 Å². The molecule has 0 radical (unpaired) electrons. The molecular formula is C9H16N2O. The number of hydrogen-bond acceptors (Lipinski definition) is 2. The van der Waals surface area contributed by atoms with Gasteiger partial charge in [0, 0.05) is 19.6 Å². The van der Waals surface area contributed by atoms with Crippen LogP contribution >= 0.6 is 0 Å². The molecule has 1 heterocycles. The Kier molecular flexibility index (Phi) is 3.80. The summed E-state index contributed by atoms with van der Waals surface area (Å²) in [5, 5.41) is 3.26. The number of hydrogen-bond donors (Lipinski definition) is 1. The molecule has 1 amide bonds. The van der Waals surface area contributed by atoms with Gasteiger partial charge in [-0.2, -0.15) is 0 Å². The maximum absolute atomic E-state index is 11.4. The van der Waals surface area contributed by atoms with Crippen molar-refractivity contribution < 1.29 is 4.79 Å². The van der Waals surface area contributed by atoms with Gasteiger partial charge in [0.15, 0.2) is 0 Å². The molecule has 0 aromatic heterocycles. The number of nitrogens with one attached hydrogen (secondary N) is 1. The zero-order valence-corrected chi connectivity index (χ0v) is 7.55. The standard InChI is InChI=1S/C9H16N2O/c1-2-4-9(12)11-7-3-5-10-6-8-11/h2,4,10H,3,5-8H2,1H3. The molecule has 0 aromatic carbocycles. The molecule has 12 heavy (non-hydrogen) atoms. The normalized spacial score (nSPS) is 19.6. The van der Waals surface area contributed by atoms with Gasteiger partial charge in [0.25, 0.3) is 0 Å². The van der Waals surface area contributed by atoms with Crippen molar-refractivity contribution in [2.75, 3.05) is 26.2 Å². The Labute approximate surface area is 73.4 Å². The van der Waals surface area contributed by atoms with E-state index in [4.69, 9.17) is 0 Å². The predicted octanol–water partition coefficient (Wildman–Crippen LogP) is 0.384. The summed E-state index contributed by atoms with van der Waals surface area (Å²) in [5.74, 6) is 0.140. The van der Waals surface area contributed by atoms with Gasteiger partial charge in [-0.15, -0.1) is 0 Å². The van der Waals surface area contributed by atoms with Crippen LogP contribution in [0.15, 0.2) is 12.2 Å². The Morgan fingerprint density at radius 3 is 3.00 bits per heavy atom. The van der Waals surface area contributed by atoms with E-state index < -0.39 is 0 Å². The van der Waals surface area contributed by atoms with Gasteiger partial charge in [-0.25, -0.2) is 0 Å². The Hall–Kier alpha value is -0.830. The predicted molar refractivity (Wildman–Crippen MR) is 48.9 cm³/mol. The highest BCUT2D eigenvalue weighted by Crippen LogP contribution is 1.96. The summed E-state index contributed by atoms with van der Waals surface area (Å²) in [6, 6.07) is 0. The van der Waals surface area contributed by atoms with Crippen molar-refractivity contribution >= 4 is 5.91 Å². The van der Waals surface area contributed by atoms with E-state index in [2.05, 4.69) is 5.32 Å². The molecule has 0 spiro atoms. The Balaban J connectivity index is 2.42. The second kappa shape index (κ2) is 4.93. The minimum absolute atomic E-state index is 0.140. The minimum atomic E-state index is 0.140. The minimum Gasteiger partial charge on any atom is -0.338 e. The smallest absolute Gasteiger partial charge is 0.246 e. The average molecular weight is 168 g/mol. The first-order chi connectivity index (χ1) is 5.84. The van der Waals surface area contributed by atoms with Gasteiger partial charge in [-0.1, -0.05) is 6.08 Å². The molecule has 0 aliphatic carbocycles. The zero-order chi connectivity index (χ0) is 8.81. The van der Waals surface area contributed by atoms with E-state index in [9.17, 15) is 4.79 Å². The van der Waals surface area contributed by atoms with Crippen LogP contribution < -0.4 is 5.32 Å². The van der Waals surface area contributed by atoms with Crippen molar-refractivity contribution in [2.24, 2.45) is 0 Å². The van der Waals surface area contributed by atoms with E-state index in [1.807, 2.05) is 11.8 Å². The summed E-state index contributed by atoms with van der Waals surface area (Å²) in [6.07, 6.45) is 4.48. The number of rotatable bonds is 1. The fraction of sp³-hybridized carbons (Fsp3) is 0.667. The molecule has 0 bridgehead atoms. The van der Waals surface area contributed by atoms with Crippen LogP contribution in [0.25, 0.3) is 0 Å². The molecule has 1 fully saturated rings. The highest BCUT2D eigenvalue weighted by atomic mass is 16.2. The molecular weight excluding hydrogens is 152 g/mol. The van der Waals surface area contributed by atoms with E-state index in [0.29, 0.717) is 0 Å². The van der Waals surface area contributed by atoms with Crippen molar-refractivity contribution in [1.82, 2.24) is 10.2 Å². The van der Waals surface area contributed by atoms with Crippen molar-refractivity contribution in [3.05, 3.63) is 12.2 Å². The summed E-state index contributed by atoms with van der Waals surface area (Å²) in [4.78, 5) is 13.3. The van der Waals surface area contributed by atoms with Gasteiger partial charge in [-0.05, 0) is 26.0 Å². The van der Waals surface area contributed by atoms with E-state index in [-0.39, 0.29) is 5.91 Å². The van der Waals surface area contributed by atoms with Crippen molar-refractivity contribution in [3.8, 4) is 0 Å². The van der Waals surface area contributed by atoms with Gasteiger partial charge in [0.05, 0.1) is 0 Å². The molecule has 1 aliphatic rings. The molecule has 1 saturated heterocycles. The van der Waals surface area contributed by atoms with Gasteiger partial charge >= 0.3 is 0 Å². The molecule has 0 saturated carbocycles. The lowest BCUT2D eigenvalue weighted by Gasteiger charge is -2.17. The van der Waals surface area contributed by atoms with Gasteiger partial charge in [0.2, 0.25) is 5.91 Å². The number of carbonyl (C=O) groups excluding carboxylic acids is 1. The molecule has 0 unspecified atom stereocenters. The lowest BCUT2D eigenvalue weighted by molar-refractivity contribution is -0.125. The molecule has 1 aliphatic heterocycles. The van der Waals surface area contributed by atoms with Crippen LogP contribution in [0.4, 0.5) is 0 Å². The van der Waals surface area contributed by atoms with Crippen molar-refractivity contribution in [1.29, 1.82) is 0 Å². The zero-order valence-electron chi connectivity index (χ0n) is 7.55. The van der Waals surface area contributed by atoms with Gasteiger partial charge in [-0.3, -0.25) is 4.79 Å². The highest BCUT2D eigenvalue weighted by molar-refractivity contribution is 5.87. The average Bonchev–Trinajstić information content (AvgIpc) is 2.32. The summed E-state index contributed by atoms with van der Waals surface area (Å²) in [6.45, 7) is 5.54. The first-order valence-corrected chi connectivity index (χ1v) is 4.47.